The van der Waals surface area contributed by atoms with Gasteiger partial charge in [0.1, 0.15) is 5.82 Å². The number of rotatable bonds is 5. The van der Waals surface area contributed by atoms with Crippen molar-refractivity contribution in [2.45, 2.75) is 32.4 Å². The number of anilines is 1. The first-order valence-electron chi connectivity index (χ1n) is 8.67. The molecule has 1 heterocycles. The van der Waals surface area contributed by atoms with Crippen LogP contribution in [0.3, 0.4) is 0 Å². The molecule has 0 saturated heterocycles. The van der Waals surface area contributed by atoms with Gasteiger partial charge in [-0.3, -0.25) is 9.59 Å². The van der Waals surface area contributed by atoms with Crippen LogP contribution in [0.4, 0.5) is 10.1 Å². The van der Waals surface area contributed by atoms with E-state index in [1.165, 1.54) is 6.92 Å². The Morgan fingerprint density at radius 3 is 2.63 bits per heavy atom. The van der Waals surface area contributed by atoms with Crippen molar-refractivity contribution in [1.82, 2.24) is 10.6 Å². The fourth-order valence-corrected chi connectivity index (χ4v) is 3.20. The Morgan fingerprint density at radius 2 is 1.93 bits per heavy atom. The molecule has 5 nitrogen and oxygen atoms in total. The van der Waals surface area contributed by atoms with Gasteiger partial charge in [-0.2, -0.15) is 0 Å². The van der Waals surface area contributed by atoms with E-state index >= 15 is 0 Å². The lowest BCUT2D eigenvalue weighted by Crippen LogP contribution is -2.30. The van der Waals surface area contributed by atoms with Crippen molar-refractivity contribution >= 4 is 29.9 Å². The molecule has 3 rings (SSSR count). The Balaban J connectivity index is 0.00000261. The largest absolute Gasteiger partial charge is 0.349 e. The third kappa shape index (κ3) is 5.28. The molecule has 0 saturated carbocycles. The Labute approximate surface area is 164 Å². The van der Waals surface area contributed by atoms with Crippen LogP contribution in [0, 0.1) is 5.82 Å². The normalized spacial score (nSPS) is 13.7. The van der Waals surface area contributed by atoms with Gasteiger partial charge in [-0.05, 0) is 35.7 Å². The Kier molecular flexibility index (Phi) is 7.33. The van der Waals surface area contributed by atoms with E-state index in [2.05, 4.69) is 16.0 Å². The Bertz CT molecular complexity index is 814. The van der Waals surface area contributed by atoms with E-state index in [0.717, 1.165) is 17.7 Å². The summed E-state index contributed by atoms with van der Waals surface area (Å²) in [5.41, 5.74) is 2.59. The van der Waals surface area contributed by atoms with Gasteiger partial charge in [0.15, 0.2) is 0 Å². The molecule has 0 spiro atoms. The summed E-state index contributed by atoms with van der Waals surface area (Å²) >= 11 is 0. The Morgan fingerprint density at radius 1 is 1.19 bits per heavy atom. The van der Waals surface area contributed by atoms with Crippen LogP contribution in [-0.4, -0.2) is 18.4 Å². The van der Waals surface area contributed by atoms with E-state index in [1.54, 1.807) is 6.07 Å². The lowest BCUT2D eigenvalue weighted by atomic mass is 9.99. The van der Waals surface area contributed by atoms with Crippen LogP contribution < -0.4 is 16.0 Å². The minimum absolute atomic E-state index is 0. The molecule has 0 fully saturated rings. The maximum Gasteiger partial charge on any atom is 0.226 e. The average Bonchev–Trinajstić information content (AvgIpc) is 2.64. The van der Waals surface area contributed by atoms with Gasteiger partial charge >= 0.3 is 0 Å². The summed E-state index contributed by atoms with van der Waals surface area (Å²) in [6, 6.07) is 12.2. The van der Waals surface area contributed by atoms with E-state index in [4.69, 9.17) is 0 Å². The molecule has 3 N–H and O–H groups in total. The molecule has 0 radical (unpaired) electrons. The quantitative estimate of drug-likeness (QED) is 0.733. The number of carbonyl (C=O) groups excluding carboxylic acids is 2. The van der Waals surface area contributed by atoms with Crippen LogP contribution in [0.5, 0.6) is 0 Å². The smallest absolute Gasteiger partial charge is 0.226 e. The molecular weight excluding hydrogens is 369 g/mol. The molecule has 144 valence electrons. The molecule has 1 aliphatic heterocycles. The van der Waals surface area contributed by atoms with E-state index in [1.807, 2.05) is 36.4 Å². The Hall–Kier alpha value is -2.44. The van der Waals surface area contributed by atoms with Gasteiger partial charge in [0, 0.05) is 13.5 Å². The van der Waals surface area contributed by atoms with Crippen LogP contribution in [0.15, 0.2) is 42.5 Å². The van der Waals surface area contributed by atoms with Gasteiger partial charge in [0.05, 0.1) is 18.2 Å². The van der Waals surface area contributed by atoms with Crippen molar-refractivity contribution in [2.24, 2.45) is 0 Å². The molecular formula is C20H23ClFN3O2. The van der Waals surface area contributed by atoms with Crippen LogP contribution in [0.1, 0.15) is 36.1 Å². The lowest BCUT2D eigenvalue weighted by Gasteiger charge is -2.21. The standard InChI is InChI=1S/C20H22FN3O2.ClH/c1-13(25)23-18(14-5-3-2-4-6-14)11-19(26)24-17-8-7-15-12-22-10-9-16(15)20(17)21;/h2-8,18,22H,9-12H2,1H3,(H,23,25)(H,24,26);1H. The second-order valence-electron chi connectivity index (χ2n) is 6.41. The number of carbonyl (C=O) groups is 2. The van der Waals surface area contributed by atoms with Crippen molar-refractivity contribution in [3.63, 3.8) is 0 Å². The highest BCUT2D eigenvalue weighted by molar-refractivity contribution is 5.92. The summed E-state index contributed by atoms with van der Waals surface area (Å²) in [5, 5.41) is 8.62. The topological polar surface area (TPSA) is 70.2 Å². The number of amides is 2. The monoisotopic (exact) mass is 391 g/mol. The van der Waals surface area contributed by atoms with Gasteiger partial charge in [-0.1, -0.05) is 36.4 Å². The molecule has 0 bridgehead atoms. The second-order valence-corrected chi connectivity index (χ2v) is 6.41. The van der Waals surface area contributed by atoms with Crippen molar-refractivity contribution < 1.29 is 14.0 Å². The van der Waals surface area contributed by atoms with Gasteiger partial charge in [0.25, 0.3) is 0 Å². The maximum absolute atomic E-state index is 14.7. The summed E-state index contributed by atoms with van der Waals surface area (Å²) < 4.78 is 14.7. The molecule has 0 aromatic heterocycles. The molecule has 1 aliphatic rings. The fourth-order valence-electron chi connectivity index (χ4n) is 3.20. The molecule has 1 atom stereocenters. The number of benzene rings is 2. The van der Waals surface area contributed by atoms with Crippen molar-refractivity contribution in [2.75, 3.05) is 11.9 Å². The number of halogens is 2. The molecule has 0 aliphatic carbocycles. The molecule has 2 amide bonds. The van der Waals surface area contributed by atoms with Crippen LogP contribution >= 0.6 is 12.4 Å². The molecule has 2 aromatic carbocycles. The zero-order valence-corrected chi connectivity index (χ0v) is 15.9. The highest BCUT2D eigenvalue weighted by Gasteiger charge is 2.20. The second kappa shape index (κ2) is 9.48. The number of fused-ring (bicyclic) bond motifs is 1. The van der Waals surface area contributed by atoms with Crippen LogP contribution in [0.2, 0.25) is 0 Å². The predicted octanol–water partition coefficient (Wildman–Crippen LogP) is 3.10. The van der Waals surface area contributed by atoms with Gasteiger partial charge in [-0.15, -0.1) is 12.4 Å². The van der Waals surface area contributed by atoms with E-state index in [0.29, 0.717) is 18.5 Å². The van der Waals surface area contributed by atoms with E-state index < -0.39 is 6.04 Å². The van der Waals surface area contributed by atoms with Crippen LogP contribution in [-0.2, 0) is 22.6 Å². The number of hydrogen-bond acceptors (Lipinski definition) is 3. The van der Waals surface area contributed by atoms with Gasteiger partial charge in [-0.25, -0.2) is 4.39 Å². The summed E-state index contributed by atoms with van der Waals surface area (Å²) in [6.07, 6.45) is 0.630. The van der Waals surface area contributed by atoms with Gasteiger partial charge in [0.2, 0.25) is 11.8 Å². The van der Waals surface area contributed by atoms with Crippen molar-refractivity contribution in [3.8, 4) is 0 Å². The van der Waals surface area contributed by atoms with E-state index in [9.17, 15) is 14.0 Å². The minimum atomic E-state index is -0.460. The maximum atomic E-state index is 14.7. The first-order chi connectivity index (χ1) is 12.5. The molecule has 1 unspecified atom stereocenters. The third-order valence-corrected chi connectivity index (χ3v) is 4.45. The molecule has 27 heavy (non-hydrogen) atoms. The summed E-state index contributed by atoms with van der Waals surface area (Å²) in [7, 11) is 0. The highest BCUT2D eigenvalue weighted by Crippen LogP contribution is 2.25. The third-order valence-electron chi connectivity index (χ3n) is 4.45. The molecule has 7 heteroatoms. The first-order valence-corrected chi connectivity index (χ1v) is 8.67. The summed E-state index contributed by atoms with van der Waals surface area (Å²) in [6.45, 7) is 2.77. The van der Waals surface area contributed by atoms with Crippen LogP contribution in [0.25, 0.3) is 0 Å². The van der Waals surface area contributed by atoms with Crippen molar-refractivity contribution in [3.05, 3.63) is 65.0 Å². The first kappa shape index (κ1) is 20.9. The SMILES string of the molecule is CC(=O)NC(CC(=O)Nc1ccc2c(c1F)CCNC2)c1ccccc1.Cl. The summed E-state index contributed by atoms with van der Waals surface area (Å²) in [4.78, 5) is 23.9. The number of hydrogen-bond donors (Lipinski definition) is 3. The zero-order valence-electron chi connectivity index (χ0n) is 15.0. The highest BCUT2D eigenvalue weighted by atomic mass is 35.5. The average molecular weight is 392 g/mol. The minimum Gasteiger partial charge on any atom is -0.349 e. The van der Waals surface area contributed by atoms with E-state index in [-0.39, 0.29) is 42.1 Å². The fraction of sp³-hybridized carbons (Fsp3) is 0.300. The van der Waals surface area contributed by atoms with Gasteiger partial charge < -0.3 is 16.0 Å². The summed E-state index contributed by atoms with van der Waals surface area (Å²) in [5.74, 6) is -0.937. The zero-order chi connectivity index (χ0) is 18.5. The van der Waals surface area contributed by atoms with Crippen molar-refractivity contribution in [1.29, 1.82) is 0 Å². The lowest BCUT2D eigenvalue weighted by molar-refractivity contribution is -0.120. The number of nitrogens with one attached hydrogen (secondary N) is 3. The molecule has 2 aromatic rings. The predicted molar refractivity (Wildman–Crippen MR) is 105 cm³/mol.